The Morgan fingerprint density at radius 2 is 2.22 bits per heavy atom. The van der Waals surface area contributed by atoms with E-state index in [1.807, 2.05) is 0 Å². The van der Waals surface area contributed by atoms with E-state index in [1.54, 1.807) is 13.0 Å². The van der Waals surface area contributed by atoms with Gasteiger partial charge in [-0.15, -0.1) is 0 Å². The highest BCUT2D eigenvalue weighted by Crippen LogP contribution is 2.17. The fraction of sp³-hybridized carbons (Fsp3) is 0.545. The number of methoxy groups -OCH3 is 1. The van der Waals surface area contributed by atoms with Gasteiger partial charge in [0, 0.05) is 32.9 Å². The largest absolute Gasteiger partial charge is 0.383 e. The Hall–Kier alpha value is -1.02. The molecule has 7 heteroatoms. The Labute approximate surface area is 108 Å². The third kappa shape index (κ3) is 3.26. The maximum Gasteiger partial charge on any atom is 0.245 e. The second kappa shape index (κ2) is 6.79. The maximum atomic E-state index is 12.4. The predicted molar refractivity (Wildman–Crippen MR) is 68.4 cm³/mol. The first kappa shape index (κ1) is 15.0. The van der Waals surface area contributed by atoms with Crippen molar-refractivity contribution in [3.05, 3.63) is 24.0 Å². The molecule has 2 N–H and O–H groups in total. The van der Waals surface area contributed by atoms with Crippen LogP contribution >= 0.6 is 0 Å². The molecule has 1 aromatic heterocycles. The van der Waals surface area contributed by atoms with Crippen LogP contribution in [0.1, 0.15) is 12.6 Å². The molecule has 0 radical (unpaired) electrons. The molecule has 0 aliphatic rings. The van der Waals surface area contributed by atoms with Gasteiger partial charge in [0.05, 0.1) is 12.3 Å². The van der Waals surface area contributed by atoms with Crippen molar-refractivity contribution in [2.24, 2.45) is 5.73 Å². The number of nitrogens with two attached hydrogens (primary N) is 1. The number of hydrogen-bond acceptors (Lipinski definition) is 5. The van der Waals surface area contributed by atoms with E-state index in [0.717, 1.165) is 0 Å². The first-order valence-corrected chi connectivity index (χ1v) is 7.15. The fourth-order valence-electron chi connectivity index (χ4n) is 1.59. The van der Waals surface area contributed by atoms with Crippen LogP contribution < -0.4 is 5.73 Å². The normalized spacial score (nSPS) is 12.0. The smallest absolute Gasteiger partial charge is 0.245 e. The molecule has 0 saturated carbocycles. The average Bonchev–Trinajstić information content (AvgIpc) is 2.39. The number of hydrogen-bond donors (Lipinski definition) is 1. The second-order valence-corrected chi connectivity index (χ2v) is 5.55. The topological polar surface area (TPSA) is 85.5 Å². The molecule has 0 saturated heterocycles. The molecule has 0 aliphatic heterocycles. The highest BCUT2D eigenvalue weighted by molar-refractivity contribution is 7.89. The van der Waals surface area contributed by atoms with Gasteiger partial charge in [0.1, 0.15) is 4.90 Å². The van der Waals surface area contributed by atoms with Crippen LogP contribution in [0.3, 0.4) is 0 Å². The minimum absolute atomic E-state index is 0.0945. The first-order valence-electron chi connectivity index (χ1n) is 5.71. The van der Waals surface area contributed by atoms with E-state index >= 15 is 0 Å². The van der Waals surface area contributed by atoms with E-state index in [9.17, 15) is 8.42 Å². The highest BCUT2D eigenvalue weighted by Gasteiger charge is 2.25. The van der Waals surface area contributed by atoms with Gasteiger partial charge in [0.25, 0.3) is 0 Å². The van der Waals surface area contributed by atoms with E-state index in [2.05, 4.69) is 4.98 Å². The van der Waals surface area contributed by atoms with Crippen molar-refractivity contribution >= 4 is 10.0 Å². The molecule has 0 amide bonds. The molecular formula is C11H19N3O3S. The van der Waals surface area contributed by atoms with Gasteiger partial charge < -0.3 is 10.5 Å². The third-order valence-electron chi connectivity index (χ3n) is 2.56. The van der Waals surface area contributed by atoms with Crippen LogP contribution in [-0.2, 0) is 21.3 Å². The fourth-order valence-corrected chi connectivity index (χ4v) is 3.21. The second-order valence-electron chi connectivity index (χ2n) is 3.64. The molecular weight excluding hydrogens is 254 g/mol. The molecule has 0 fully saturated rings. The number of nitrogens with zero attached hydrogens (tertiary/aromatic N) is 2. The van der Waals surface area contributed by atoms with Crippen LogP contribution in [0.15, 0.2) is 23.2 Å². The summed E-state index contributed by atoms with van der Waals surface area (Å²) < 4.78 is 31.1. The first-order chi connectivity index (χ1) is 8.57. The molecule has 0 bridgehead atoms. The Kier molecular flexibility index (Phi) is 5.67. The molecule has 0 unspecified atom stereocenters. The molecule has 0 spiro atoms. The number of pyridine rings is 1. The van der Waals surface area contributed by atoms with Gasteiger partial charge in [0.15, 0.2) is 0 Å². The zero-order valence-corrected chi connectivity index (χ0v) is 11.5. The Balaban J connectivity index is 3.10. The van der Waals surface area contributed by atoms with Crippen molar-refractivity contribution in [1.29, 1.82) is 0 Å². The number of rotatable bonds is 7. The molecule has 0 aliphatic carbocycles. The van der Waals surface area contributed by atoms with Gasteiger partial charge in [-0.1, -0.05) is 6.92 Å². The van der Waals surface area contributed by atoms with Gasteiger partial charge >= 0.3 is 0 Å². The highest BCUT2D eigenvalue weighted by atomic mass is 32.2. The summed E-state index contributed by atoms with van der Waals surface area (Å²) in [7, 11) is -2.02. The lowest BCUT2D eigenvalue weighted by Gasteiger charge is -2.21. The summed E-state index contributed by atoms with van der Waals surface area (Å²) in [5, 5.41) is 0. The van der Waals surface area contributed by atoms with E-state index < -0.39 is 10.0 Å². The Bertz CT molecular complexity index is 476. The zero-order valence-electron chi connectivity index (χ0n) is 10.7. The van der Waals surface area contributed by atoms with Crippen LogP contribution in [0.25, 0.3) is 0 Å². The molecule has 1 heterocycles. The van der Waals surface area contributed by atoms with Crippen molar-refractivity contribution in [3.8, 4) is 0 Å². The zero-order chi connectivity index (χ0) is 13.6. The van der Waals surface area contributed by atoms with Gasteiger partial charge in [-0.3, -0.25) is 4.98 Å². The minimum Gasteiger partial charge on any atom is -0.383 e. The monoisotopic (exact) mass is 273 g/mol. The Morgan fingerprint density at radius 1 is 1.50 bits per heavy atom. The van der Waals surface area contributed by atoms with Gasteiger partial charge in [-0.2, -0.15) is 4.31 Å². The molecule has 1 rings (SSSR count). The van der Waals surface area contributed by atoms with Gasteiger partial charge in [-0.25, -0.2) is 8.42 Å². The van der Waals surface area contributed by atoms with Crippen LogP contribution in [0, 0.1) is 0 Å². The summed E-state index contributed by atoms with van der Waals surface area (Å²) >= 11 is 0. The van der Waals surface area contributed by atoms with Crippen LogP contribution in [0.5, 0.6) is 0 Å². The van der Waals surface area contributed by atoms with E-state index in [1.165, 1.54) is 23.7 Å². The quantitative estimate of drug-likeness (QED) is 0.767. The lowest BCUT2D eigenvalue weighted by atomic mass is 10.3. The molecule has 6 nitrogen and oxygen atoms in total. The lowest BCUT2D eigenvalue weighted by Crippen LogP contribution is -2.34. The molecule has 102 valence electrons. The molecule has 0 aromatic carbocycles. The van der Waals surface area contributed by atoms with Crippen LogP contribution in [-0.4, -0.2) is 44.5 Å². The third-order valence-corrected chi connectivity index (χ3v) is 4.61. The lowest BCUT2D eigenvalue weighted by molar-refractivity contribution is 0.180. The summed E-state index contributed by atoms with van der Waals surface area (Å²) in [5.74, 6) is 0. The van der Waals surface area contributed by atoms with Crippen molar-refractivity contribution < 1.29 is 13.2 Å². The van der Waals surface area contributed by atoms with Crippen LogP contribution in [0.4, 0.5) is 0 Å². The van der Waals surface area contributed by atoms with E-state index in [-0.39, 0.29) is 11.4 Å². The standard InChI is InChI=1S/C11H19N3O3S/c1-3-14(7-8-17-2)18(15,16)11-5-4-6-13-10(11)9-12/h4-6H,3,7-9,12H2,1-2H3. The molecule has 18 heavy (non-hydrogen) atoms. The van der Waals surface area contributed by atoms with Crippen molar-refractivity contribution in [2.75, 3.05) is 26.8 Å². The number of sulfonamides is 1. The SMILES string of the molecule is CCN(CCOC)S(=O)(=O)c1cccnc1CN. The van der Waals surface area contributed by atoms with E-state index in [4.69, 9.17) is 10.5 Å². The Morgan fingerprint density at radius 3 is 2.78 bits per heavy atom. The predicted octanol–water partition coefficient (Wildman–Crippen LogP) is 0.197. The van der Waals surface area contributed by atoms with Crippen molar-refractivity contribution in [2.45, 2.75) is 18.4 Å². The number of likely N-dealkylation sites (N-methyl/N-ethyl adjacent to an activating group) is 1. The van der Waals surface area contributed by atoms with Crippen molar-refractivity contribution in [1.82, 2.24) is 9.29 Å². The number of ether oxygens (including phenoxy) is 1. The summed E-state index contributed by atoms with van der Waals surface area (Å²) in [6, 6.07) is 3.12. The minimum atomic E-state index is -3.56. The summed E-state index contributed by atoms with van der Waals surface area (Å²) in [5.41, 5.74) is 5.90. The van der Waals surface area contributed by atoms with Gasteiger partial charge in [-0.05, 0) is 12.1 Å². The maximum absolute atomic E-state index is 12.4. The average molecular weight is 273 g/mol. The van der Waals surface area contributed by atoms with Crippen LogP contribution in [0.2, 0.25) is 0 Å². The van der Waals surface area contributed by atoms with Crippen molar-refractivity contribution in [3.63, 3.8) is 0 Å². The molecule has 1 aromatic rings. The van der Waals surface area contributed by atoms with E-state index in [0.29, 0.717) is 25.4 Å². The summed E-state index contributed by atoms with van der Waals surface area (Å²) in [6.07, 6.45) is 1.53. The number of aromatic nitrogens is 1. The summed E-state index contributed by atoms with van der Waals surface area (Å²) in [6.45, 7) is 2.92. The molecule has 0 atom stereocenters. The van der Waals surface area contributed by atoms with Gasteiger partial charge in [0.2, 0.25) is 10.0 Å². The summed E-state index contributed by atoms with van der Waals surface area (Å²) in [4.78, 5) is 4.17.